The van der Waals surface area contributed by atoms with Gasteiger partial charge < -0.3 is 10.1 Å². The molecule has 34 heavy (non-hydrogen) atoms. The van der Waals surface area contributed by atoms with Crippen LogP contribution in [0.3, 0.4) is 0 Å². The average Bonchev–Trinajstić information content (AvgIpc) is 3.45. The minimum atomic E-state index is -4.57. The van der Waals surface area contributed by atoms with E-state index in [9.17, 15) is 22.8 Å². The molecule has 2 aliphatic carbocycles. The molecule has 1 saturated carbocycles. The van der Waals surface area contributed by atoms with Crippen LogP contribution in [-0.4, -0.2) is 27.8 Å². The van der Waals surface area contributed by atoms with E-state index in [0.29, 0.717) is 22.7 Å². The lowest BCUT2D eigenvalue weighted by Crippen LogP contribution is -2.20. The summed E-state index contributed by atoms with van der Waals surface area (Å²) in [6, 6.07) is 0. The number of esters is 1. The maximum absolute atomic E-state index is 13.3. The first-order valence-corrected chi connectivity index (χ1v) is 13.2. The van der Waals surface area contributed by atoms with E-state index in [-0.39, 0.29) is 35.4 Å². The normalized spacial score (nSPS) is 16.8. The van der Waals surface area contributed by atoms with E-state index in [1.165, 1.54) is 16.0 Å². The van der Waals surface area contributed by atoms with Crippen LogP contribution < -0.4 is 5.32 Å². The molecule has 4 rings (SSSR count). The highest BCUT2D eigenvalue weighted by Gasteiger charge is 2.41. The number of anilines is 1. The molecular weight excluding hydrogens is 535 g/mol. The number of alkyl halides is 3. The summed E-state index contributed by atoms with van der Waals surface area (Å²) in [6.45, 7) is 3.77. The zero-order chi connectivity index (χ0) is 24.6. The average molecular weight is 562 g/mol. The lowest BCUT2D eigenvalue weighted by atomic mass is 9.95. The van der Waals surface area contributed by atoms with Crippen molar-refractivity contribution < 1.29 is 27.5 Å². The van der Waals surface area contributed by atoms with E-state index >= 15 is 0 Å². The van der Waals surface area contributed by atoms with Crippen molar-refractivity contribution in [1.29, 1.82) is 0 Å². The van der Waals surface area contributed by atoms with Gasteiger partial charge in [0, 0.05) is 17.2 Å². The Labute approximate surface area is 208 Å². The van der Waals surface area contributed by atoms with Crippen molar-refractivity contribution in [2.75, 3.05) is 5.32 Å². The number of aromatic nitrogens is 2. The van der Waals surface area contributed by atoms with Gasteiger partial charge in [-0.1, -0.05) is 6.92 Å². The second kappa shape index (κ2) is 10.0. The van der Waals surface area contributed by atoms with Crippen LogP contribution in [0.1, 0.15) is 90.5 Å². The highest BCUT2D eigenvalue weighted by molar-refractivity contribution is 9.10. The summed E-state index contributed by atoms with van der Waals surface area (Å²) in [6.07, 6.45) is 1.03. The number of rotatable bonds is 8. The number of nitrogens with zero attached hydrogens (tertiary/aromatic N) is 2. The third-order valence-electron chi connectivity index (χ3n) is 6.23. The first kappa shape index (κ1) is 25.2. The van der Waals surface area contributed by atoms with Crippen molar-refractivity contribution in [1.82, 2.24) is 9.78 Å². The van der Waals surface area contributed by atoms with E-state index in [4.69, 9.17) is 4.74 Å². The molecule has 0 aromatic carbocycles. The molecule has 1 N–H and O–H groups in total. The molecule has 6 nitrogen and oxygen atoms in total. The number of hydrogen-bond acceptors (Lipinski definition) is 5. The first-order chi connectivity index (χ1) is 16.1. The van der Waals surface area contributed by atoms with Crippen molar-refractivity contribution in [3.8, 4) is 0 Å². The van der Waals surface area contributed by atoms with Crippen LogP contribution in [0.4, 0.5) is 18.2 Å². The van der Waals surface area contributed by atoms with Gasteiger partial charge in [0.1, 0.15) is 5.00 Å². The quantitative estimate of drug-likeness (QED) is 0.375. The summed E-state index contributed by atoms with van der Waals surface area (Å²) in [5.74, 6) is -0.795. The van der Waals surface area contributed by atoms with Crippen molar-refractivity contribution >= 4 is 44.1 Å². The predicted molar refractivity (Wildman–Crippen MR) is 126 cm³/mol. The predicted octanol–water partition coefficient (Wildman–Crippen LogP) is 6.47. The summed E-state index contributed by atoms with van der Waals surface area (Å²) < 4.78 is 46.8. The maximum Gasteiger partial charge on any atom is 0.436 e. The Kier molecular flexibility index (Phi) is 7.42. The van der Waals surface area contributed by atoms with Gasteiger partial charge in [0.05, 0.1) is 28.4 Å². The highest BCUT2D eigenvalue weighted by atomic mass is 79.9. The van der Waals surface area contributed by atoms with Crippen LogP contribution in [-0.2, 0) is 35.1 Å². The Hall–Kier alpha value is -1.88. The zero-order valence-electron chi connectivity index (χ0n) is 19.1. The molecule has 2 heterocycles. The minimum Gasteiger partial charge on any atom is -0.459 e. The summed E-state index contributed by atoms with van der Waals surface area (Å²) in [5.41, 5.74) is 0.898. The summed E-state index contributed by atoms with van der Waals surface area (Å²) in [4.78, 5) is 26.8. The SMILES string of the molecule is CCC(C)OC(=O)c1c(NC(=O)CCn2nc(C(F)(F)F)c(Br)c2C2CC2)sc2c1CCCC2. The first-order valence-electron chi connectivity index (χ1n) is 11.6. The number of fused-ring (bicyclic) bond motifs is 1. The third-order valence-corrected chi connectivity index (χ3v) is 8.22. The smallest absolute Gasteiger partial charge is 0.436 e. The molecular formula is C23H27BrF3N3O3S. The molecule has 2 aliphatic rings. The molecule has 2 aromatic rings. The van der Waals surface area contributed by atoms with Gasteiger partial charge in [-0.3, -0.25) is 9.48 Å². The second-order valence-corrected chi connectivity index (χ2v) is 10.8. The van der Waals surface area contributed by atoms with Crippen molar-refractivity contribution in [2.24, 2.45) is 0 Å². The van der Waals surface area contributed by atoms with Gasteiger partial charge in [-0.2, -0.15) is 18.3 Å². The van der Waals surface area contributed by atoms with Gasteiger partial charge in [0.2, 0.25) is 5.91 Å². The molecule has 0 saturated heterocycles. The number of thiophene rings is 1. The molecule has 0 spiro atoms. The molecule has 2 aromatic heterocycles. The molecule has 0 bridgehead atoms. The van der Waals surface area contributed by atoms with Crippen LogP contribution in [0.25, 0.3) is 0 Å². The van der Waals surface area contributed by atoms with Crippen LogP contribution in [0.5, 0.6) is 0 Å². The molecule has 1 unspecified atom stereocenters. The molecule has 186 valence electrons. The van der Waals surface area contributed by atoms with Gasteiger partial charge >= 0.3 is 12.1 Å². The summed E-state index contributed by atoms with van der Waals surface area (Å²) >= 11 is 4.46. The minimum absolute atomic E-state index is 0.0179. The Morgan fingerprint density at radius 3 is 2.65 bits per heavy atom. The number of aryl methyl sites for hydroxylation is 2. The van der Waals surface area contributed by atoms with E-state index in [2.05, 4.69) is 26.3 Å². The highest BCUT2D eigenvalue weighted by Crippen LogP contribution is 2.47. The fraction of sp³-hybridized carbons (Fsp3) is 0.609. The molecule has 1 amide bonds. The lowest BCUT2D eigenvalue weighted by molar-refractivity contribution is -0.142. The maximum atomic E-state index is 13.3. The number of halogens is 4. The topological polar surface area (TPSA) is 73.2 Å². The van der Waals surface area contributed by atoms with Crippen LogP contribution in [0, 0.1) is 0 Å². The standard InChI is InChI=1S/C23H27BrF3N3O3S/c1-3-12(2)33-22(32)17-14-6-4-5-7-15(14)34-21(17)28-16(31)10-11-30-19(13-8-9-13)18(24)20(29-30)23(25,26)27/h12-13H,3-11H2,1-2H3,(H,28,31). The van der Waals surface area contributed by atoms with Crippen molar-refractivity contribution in [2.45, 2.75) is 90.0 Å². The van der Waals surface area contributed by atoms with E-state index in [1.54, 1.807) is 0 Å². The molecule has 1 atom stereocenters. The second-order valence-electron chi connectivity index (χ2n) is 8.88. The zero-order valence-corrected chi connectivity index (χ0v) is 21.5. The molecule has 0 aliphatic heterocycles. The van der Waals surface area contributed by atoms with Gasteiger partial charge in [0.15, 0.2) is 5.69 Å². The largest absolute Gasteiger partial charge is 0.459 e. The van der Waals surface area contributed by atoms with Crippen molar-refractivity contribution in [3.63, 3.8) is 0 Å². The van der Waals surface area contributed by atoms with Gasteiger partial charge in [-0.15, -0.1) is 11.3 Å². The third kappa shape index (κ3) is 5.35. The van der Waals surface area contributed by atoms with E-state index in [0.717, 1.165) is 49.0 Å². The molecule has 1 fully saturated rings. The lowest BCUT2D eigenvalue weighted by Gasteiger charge is -2.15. The van der Waals surface area contributed by atoms with Gasteiger partial charge in [0.25, 0.3) is 0 Å². The number of ether oxygens (including phenoxy) is 1. The number of amides is 1. The Bertz CT molecular complexity index is 1090. The summed E-state index contributed by atoms with van der Waals surface area (Å²) in [7, 11) is 0. The fourth-order valence-corrected chi connectivity index (χ4v) is 6.27. The Morgan fingerprint density at radius 1 is 1.29 bits per heavy atom. The van der Waals surface area contributed by atoms with E-state index < -0.39 is 17.8 Å². The molecule has 11 heteroatoms. The fourth-order valence-electron chi connectivity index (χ4n) is 4.14. The monoisotopic (exact) mass is 561 g/mol. The number of carbonyl (C=O) groups excluding carboxylic acids is 2. The van der Waals surface area contributed by atoms with Crippen molar-refractivity contribution in [3.05, 3.63) is 31.9 Å². The van der Waals surface area contributed by atoms with Gasteiger partial charge in [-0.05, 0) is 73.4 Å². The van der Waals surface area contributed by atoms with E-state index in [1.807, 2.05) is 13.8 Å². The number of hydrogen-bond donors (Lipinski definition) is 1. The van der Waals surface area contributed by atoms with Crippen LogP contribution in [0.15, 0.2) is 4.47 Å². The number of nitrogens with one attached hydrogen (secondary N) is 1. The summed E-state index contributed by atoms with van der Waals surface area (Å²) in [5, 5.41) is 7.05. The van der Waals surface area contributed by atoms with Crippen LogP contribution in [0.2, 0.25) is 0 Å². The Morgan fingerprint density at radius 2 is 2.00 bits per heavy atom. The number of carbonyl (C=O) groups is 2. The van der Waals surface area contributed by atoms with Gasteiger partial charge in [-0.25, -0.2) is 4.79 Å². The molecule has 0 radical (unpaired) electrons. The van der Waals surface area contributed by atoms with Crippen LogP contribution >= 0.6 is 27.3 Å². The Balaban J connectivity index is 1.51.